The number of aromatic nitrogens is 5. The van der Waals surface area contributed by atoms with Crippen molar-refractivity contribution in [2.24, 2.45) is 0 Å². The number of hydrogen-bond donors (Lipinski definition) is 1. The summed E-state index contributed by atoms with van der Waals surface area (Å²) in [5.41, 5.74) is 0.629. The Labute approximate surface area is 144 Å². The van der Waals surface area contributed by atoms with E-state index in [4.69, 9.17) is 9.47 Å². The van der Waals surface area contributed by atoms with Crippen molar-refractivity contribution in [3.05, 3.63) is 12.4 Å². The fraction of sp³-hybridized carbons (Fsp3) is 0.533. The topological polar surface area (TPSA) is 110 Å². The molecular weight excluding hydrogens is 326 g/mol. The van der Waals surface area contributed by atoms with Crippen LogP contribution in [0.15, 0.2) is 12.4 Å². The molecule has 10 nitrogen and oxygen atoms in total. The molecule has 2 saturated heterocycles. The third-order valence-electron chi connectivity index (χ3n) is 4.10. The van der Waals surface area contributed by atoms with Gasteiger partial charge in [-0.2, -0.15) is 15.0 Å². The van der Waals surface area contributed by atoms with Gasteiger partial charge < -0.3 is 24.4 Å². The van der Waals surface area contributed by atoms with E-state index in [1.54, 1.807) is 0 Å². The zero-order chi connectivity index (χ0) is 17.1. The van der Waals surface area contributed by atoms with Crippen LogP contribution < -0.4 is 9.80 Å². The summed E-state index contributed by atoms with van der Waals surface area (Å²) in [5, 5.41) is 9.30. The molecule has 0 spiro atoms. The normalized spacial score (nSPS) is 18.4. The van der Waals surface area contributed by atoms with Crippen LogP contribution in [0, 0.1) is 0 Å². The Hall–Kier alpha value is -2.59. The lowest BCUT2D eigenvalue weighted by Crippen LogP contribution is -2.40. The smallest absolute Gasteiger partial charge is 0.313 e. The number of nitrogens with zero attached hydrogens (tertiary/aromatic N) is 7. The summed E-state index contributed by atoms with van der Waals surface area (Å²) in [4.78, 5) is 25.6. The molecule has 0 aliphatic carbocycles. The fourth-order valence-corrected chi connectivity index (χ4v) is 2.73. The first-order chi connectivity index (χ1) is 12.3. The monoisotopic (exact) mass is 345 g/mol. The zero-order valence-electron chi connectivity index (χ0n) is 13.7. The lowest BCUT2D eigenvalue weighted by molar-refractivity contribution is 0.121. The predicted molar refractivity (Wildman–Crippen MR) is 88.6 cm³/mol. The first-order valence-corrected chi connectivity index (χ1v) is 8.22. The van der Waals surface area contributed by atoms with Gasteiger partial charge >= 0.3 is 6.01 Å². The lowest BCUT2D eigenvalue weighted by Gasteiger charge is -2.30. The summed E-state index contributed by atoms with van der Waals surface area (Å²) in [5.74, 6) is 1.71. The first kappa shape index (κ1) is 15.9. The van der Waals surface area contributed by atoms with Gasteiger partial charge in [-0.05, 0) is 0 Å². The van der Waals surface area contributed by atoms with Crippen LogP contribution >= 0.6 is 0 Å². The second kappa shape index (κ2) is 7.11. The van der Waals surface area contributed by atoms with E-state index in [9.17, 15) is 5.11 Å². The minimum Gasteiger partial charge on any atom is -0.479 e. The Kier molecular flexibility index (Phi) is 4.53. The maximum absolute atomic E-state index is 9.30. The summed E-state index contributed by atoms with van der Waals surface area (Å²) in [7, 11) is 0. The van der Waals surface area contributed by atoms with Crippen LogP contribution in [0.1, 0.15) is 0 Å². The van der Waals surface area contributed by atoms with Crippen LogP contribution in [0.25, 0.3) is 11.4 Å². The summed E-state index contributed by atoms with van der Waals surface area (Å²) in [6.07, 6.45) is 3.01. The largest absolute Gasteiger partial charge is 0.479 e. The highest BCUT2D eigenvalue weighted by Crippen LogP contribution is 2.22. The van der Waals surface area contributed by atoms with Crippen molar-refractivity contribution >= 4 is 11.9 Å². The van der Waals surface area contributed by atoms with Crippen LogP contribution in [0.5, 0.6) is 6.01 Å². The SMILES string of the molecule is Oc1ncc(-c2nc(N3CCOCC3)nc(N3CCOCC3)n2)cn1. The Morgan fingerprint density at radius 3 is 1.72 bits per heavy atom. The molecule has 0 bridgehead atoms. The van der Waals surface area contributed by atoms with Crippen LogP contribution in [-0.2, 0) is 9.47 Å². The third kappa shape index (κ3) is 3.59. The van der Waals surface area contributed by atoms with Gasteiger partial charge in [0, 0.05) is 38.6 Å². The number of ether oxygens (including phenoxy) is 2. The van der Waals surface area contributed by atoms with E-state index in [2.05, 4.69) is 34.7 Å². The van der Waals surface area contributed by atoms with Crippen LogP contribution in [-0.4, -0.2) is 82.6 Å². The quantitative estimate of drug-likeness (QED) is 0.796. The second-order valence-electron chi connectivity index (χ2n) is 5.73. The van der Waals surface area contributed by atoms with Gasteiger partial charge in [-0.3, -0.25) is 0 Å². The molecule has 132 valence electrons. The van der Waals surface area contributed by atoms with Crippen LogP contribution in [0.2, 0.25) is 0 Å². The minimum atomic E-state index is -0.278. The Balaban J connectivity index is 1.72. The first-order valence-electron chi connectivity index (χ1n) is 8.22. The maximum Gasteiger partial charge on any atom is 0.313 e. The summed E-state index contributed by atoms with van der Waals surface area (Å²) in [6, 6.07) is -0.278. The van der Waals surface area contributed by atoms with E-state index < -0.39 is 0 Å². The van der Waals surface area contributed by atoms with Crippen molar-refractivity contribution in [1.82, 2.24) is 24.9 Å². The average Bonchev–Trinajstić information content (AvgIpc) is 2.69. The molecule has 2 aliphatic heterocycles. The van der Waals surface area contributed by atoms with Crippen molar-refractivity contribution in [2.75, 3.05) is 62.4 Å². The summed E-state index contributed by atoms with van der Waals surface area (Å²) < 4.78 is 10.8. The van der Waals surface area contributed by atoms with Gasteiger partial charge in [0.05, 0.1) is 32.0 Å². The van der Waals surface area contributed by atoms with Crippen molar-refractivity contribution < 1.29 is 14.6 Å². The average molecular weight is 345 g/mol. The van der Waals surface area contributed by atoms with E-state index in [1.165, 1.54) is 12.4 Å². The number of hydrogen-bond acceptors (Lipinski definition) is 10. The van der Waals surface area contributed by atoms with Gasteiger partial charge in [-0.15, -0.1) is 0 Å². The molecule has 0 radical (unpaired) electrons. The number of morpholine rings is 2. The van der Waals surface area contributed by atoms with Crippen molar-refractivity contribution in [3.63, 3.8) is 0 Å². The highest BCUT2D eigenvalue weighted by molar-refractivity contribution is 5.57. The predicted octanol–water partition coefficient (Wildman–Crippen LogP) is -0.293. The van der Waals surface area contributed by atoms with Gasteiger partial charge in [0.2, 0.25) is 11.9 Å². The third-order valence-corrected chi connectivity index (χ3v) is 4.10. The van der Waals surface area contributed by atoms with E-state index >= 15 is 0 Å². The molecule has 25 heavy (non-hydrogen) atoms. The number of rotatable bonds is 3. The van der Waals surface area contributed by atoms with Gasteiger partial charge in [-0.1, -0.05) is 0 Å². The highest BCUT2D eigenvalue weighted by atomic mass is 16.5. The zero-order valence-corrected chi connectivity index (χ0v) is 13.7. The molecule has 2 aromatic heterocycles. The molecule has 0 atom stereocenters. The molecule has 0 unspecified atom stereocenters. The summed E-state index contributed by atoms with van der Waals surface area (Å²) in [6.45, 7) is 5.53. The molecule has 2 fully saturated rings. The van der Waals surface area contributed by atoms with Crippen molar-refractivity contribution in [2.45, 2.75) is 0 Å². The number of anilines is 2. The Bertz CT molecular complexity index is 679. The van der Waals surface area contributed by atoms with Crippen LogP contribution in [0.3, 0.4) is 0 Å². The molecule has 2 aliphatic rings. The van der Waals surface area contributed by atoms with E-state index in [-0.39, 0.29) is 6.01 Å². The molecule has 0 saturated carbocycles. The highest BCUT2D eigenvalue weighted by Gasteiger charge is 2.21. The van der Waals surface area contributed by atoms with E-state index in [1.807, 2.05) is 0 Å². The molecule has 10 heteroatoms. The van der Waals surface area contributed by atoms with E-state index in [0.29, 0.717) is 49.7 Å². The Morgan fingerprint density at radius 2 is 1.24 bits per heavy atom. The molecule has 0 amide bonds. The minimum absolute atomic E-state index is 0.278. The molecule has 4 rings (SSSR count). The van der Waals surface area contributed by atoms with Crippen LogP contribution in [0.4, 0.5) is 11.9 Å². The molecule has 2 aromatic rings. The second-order valence-corrected chi connectivity index (χ2v) is 5.73. The van der Waals surface area contributed by atoms with Crippen molar-refractivity contribution in [3.8, 4) is 17.4 Å². The standard InChI is InChI=1S/C15H19N7O3/c23-15-16-9-11(10-17-15)12-18-13(21-1-5-24-6-2-21)20-14(19-12)22-3-7-25-8-4-22/h9-10H,1-8H2,(H,16,17,23). The fourth-order valence-electron chi connectivity index (χ4n) is 2.73. The van der Waals surface area contributed by atoms with Gasteiger partial charge in [0.15, 0.2) is 5.82 Å². The Morgan fingerprint density at radius 1 is 0.760 bits per heavy atom. The molecule has 1 N–H and O–H groups in total. The molecule has 4 heterocycles. The van der Waals surface area contributed by atoms with Gasteiger partial charge in [-0.25, -0.2) is 9.97 Å². The number of aromatic hydroxyl groups is 1. The summed E-state index contributed by atoms with van der Waals surface area (Å²) >= 11 is 0. The lowest BCUT2D eigenvalue weighted by atomic mass is 10.3. The van der Waals surface area contributed by atoms with Gasteiger partial charge in [0.1, 0.15) is 0 Å². The molecular formula is C15H19N7O3. The van der Waals surface area contributed by atoms with E-state index in [0.717, 1.165) is 26.2 Å². The van der Waals surface area contributed by atoms with Crippen molar-refractivity contribution in [1.29, 1.82) is 0 Å². The molecule has 0 aromatic carbocycles. The maximum atomic E-state index is 9.30. The van der Waals surface area contributed by atoms with Gasteiger partial charge in [0.25, 0.3) is 0 Å².